The minimum atomic E-state index is -0.671. The predicted molar refractivity (Wildman–Crippen MR) is 92.2 cm³/mol. The molecule has 0 unspecified atom stereocenters. The van der Waals surface area contributed by atoms with E-state index in [9.17, 15) is 14.9 Å². The van der Waals surface area contributed by atoms with Crippen LogP contribution in [0, 0.1) is 27.9 Å². The Morgan fingerprint density at radius 2 is 1.84 bits per heavy atom. The van der Waals surface area contributed by atoms with Crippen LogP contribution in [-0.4, -0.2) is 22.5 Å². The molecular formula is C19H24N2O4. The molecule has 0 radical (unpaired) electrons. The van der Waals surface area contributed by atoms with Crippen molar-refractivity contribution in [2.24, 2.45) is 17.8 Å². The van der Waals surface area contributed by atoms with E-state index in [-0.39, 0.29) is 17.1 Å². The van der Waals surface area contributed by atoms with Crippen molar-refractivity contribution in [2.75, 3.05) is 0 Å². The molecule has 4 bridgehead atoms. The molecule has 134 valence electrons. The Morgan fingerprint density at radius 1 is 1.24 bits per heavy atom. The second-order valence-electron chi connectivity index (χ2n) is 8.20. The number of carbonyl (C=O) groups excluding carboxylic acids is 1. The van der Waals surface area contributed by atoms with Crippen molar-refractivity contribution in [1.82, 2.24) is 5.32 Å². The molecule has 1 aromatic rings. The molecule has 6 heteroatoms. The Hall–Kier alpha value is -2.11. The summed E-state index contributed by atoms with van der Waals surface area (Å²) in [4.78, 5) is 23.1. The molecule has 1 N–H and O–H groups in total. The minimum Gasteiger partial charge on any atom is -0.481 e. The number of ether oxygens (including phenoxy) is 1. The molecule has 0 heterocycles. The van der Waals surface area contributed by atoms with Crippen LogP contribution in [0.25, 0.3) is 0 Å². The monoisotopic (exact) mass is 344 g/mol. The molecule has 0 aliphatic heterocycles. The zero-order chi connectivity index (χ0) is 17.6. The van der Waals surface area contributed by atoms with Gasteiger partial charge in [-0.15, -0.1) is 0 Å². The Labute approximate surface area is 147 Å². The highest BCUT2D eigenvalue weighted by Crippen LogP contribution is 2.55. The number of non-ortho nitro benzene ring substituents is 1. The smallest absolute Gasteiger partial charge is 0.273 e. The average molecular weight is 344 g/mol. The number of rotatable bonds is 5. The Bertz CT molecular complexity index is 667. The van der Waals surface area contributed by atoms with Gasteiger partial charge in [0.15, 0.2) is 6.10 Å². The van der Waals surface area contributed by atoms with Crippen molar-refractivity contribution in [2.45, 2.75) is 57.1 Å². The number of nitro benzene ring substituents is 1. The van der Waals surface area contributed by atoms with Gasteiger partial charge in [-0.05, 0) is 69.3 Å². The molecule has 25 heavy (non-hydrogen) atoms. The van der Waals surface area contributed by atoms with Crippen LogP contribution >= 0.6 is 0 Å². The first-order chi connectivity index (χ1) is 11.9. The summed E-state index contributed by atoms with van der Waals surface area (Å²) < 4.78 is 5.66. The van der Waals surface area contributed by atoms with Gasteiger partial charge in [-0.2, -0.15) is 0 Å². The number of carbonyl (C=O) groups is 1. The Morgan fingerprint density at radius 3 is 2.40 bits per heavy atom. The van der Waals surface area contributed by atoms with Gasteiger partial charge in [0.2, 0.25) is 0 Å². The summed E-state index contributed by atoms with van der Waals surface area (Å²) >= 11 is 0. The first kappa shape index (κ1) is 16.4. The molecule has 4 aliphatic rings. The average Bonchev–Trinajstić information content (AvgIpc) is 2.53. The zero-order valence-electron chi connectivity index (χ0n) is 14.4. The first-order valence-corrected chi connectivity index (χ1v) is 9.15. The number of nitro groups is 1. The van der Waals surface area contributed by atoms with Crippen LogP contribution in [0.5, 0.6) is 5.75 Å². The molecule has 1 atom stereocenters. The molecule has 1 aromatic carbocycles. The van der Waals surface area contributed by atoms with E-state index in [1.165, 1.54) is 31.4 Å². The lowest BCUT2D eigenvalue weighted by Crippen LogP contribution is -2.61. The van der Waals surface area contributed by atoms with Crippen molar-refractivity contribution >= 4 is 11.6 Å². The lowest BCUT2D eigenvalue weighted by Gasteiger charge is -2.57. The summed E-state index contributed by atoms with van der Waals surface area (Å²) in [5.41, 5.74) is -0.0854. The second kappa shape index (κ2) is 6.00. The van der Waals surface area contributed by atoms with Gasteiger partial charge in [-0.3, -0.25) is 14.9 Å². The van der Waals surface area contributed by atoms with E-state index < -0.39 is 11.0 Å². The van der Waals surface area contributed by atoms with Crippen LogP contribution in [0.1, 0.15) is 45.4 Å². The summed E-state index contributed by atoms with van der Waals surface area (Å²) in [6.45, 7) is 1.70. The van der Waals surface area contributed by atoms with E-state index in [4.69, 9.17) is 4.74 Å². The third kappa shape index (κ3) is 3.22. The quantitative estimate of drug-likeness (QED) is 0.655. The van der Waals surface area contributed by atoms with E-state index in [2.05, 4.69) is 5.32 Å². The van der Waals surface area contributed by atoms with E-state index in [0.717, 1.165) is 37.0 Å². The molecule has 6 nitrogen and oxygen atoms in total. The maximum absolute atomic E-state index is 12.7. The number of benzene rings is 1. The minimum absolute atomic E-state index is 0.0359. The van der Waals surface area contributed by atoms with Crippen molar-refractivity contribution in [1.29, 1.82) is 0 Å². The lowest BCUT2D eigenvalue weighted by molar-refractivity contribution is -0.384. The van der Waals surface area contributed by atoms with Gasteiger partial charge in [-0.25, -0.2) is 0 Å². The third-order valence-corrected chi connectivity index (χ3v) is 6.14. The van der Waals surface area contributed by atoms with Gasteiger partial charge < -0.3 is 10.1 Å². The molecule has 1 amide bonds. The highest BCUT2D eigenvalue weighted by Gasteiger charge is 2.51. The van der Waals surface area contributed by atoms with E-state index >= 15 is 0 Å². The topological polar surface area (TPSA) is 81.5 Å². The Kier molecular flexibility index (Phi) is 3.93. The van der Waals surface area contributed by atoms with Gasteiger partial charge in [-0.1, -0.05) is 6.07 Å². The van der Waals surface area contributed by atoms with Crippen LogP contribution < -0.4 is 10.1 Å². The maximum Gasteiger partial charge on any atom is 0.273 e. The highest BCUT2D eigenvalue weighted by atomic mass is 16.6. The van der Waals surface area contributed by atoms with Gasteiger partial charge in [0, 0.05) is 11.6 Å². The van der Waals surface area contributed by atoms with Crippen LogP contribution in [0.2, 0.25) is 0 Å². The summed E-state index contributed by atoms with van der Waals surface area (Å²) in [5, 5.41) is 14.1. The number of hydrogen-bond acceptors (Lipinski definition) is 4. The van der Waals surface area contributed by atoms with E-state index in [1.54, 1.807) is 19.1 Å². The molecule has 5 rings (SSSR count). The predicted octanol–water partition coefficient (Wildman–Crippen LogP) is 3.45. The second-order valence-corrected chi connectivity index (χ2v) is 8.20. The fraction of sp³-hybridized carbons (Fsp3) is 0.632. The molecule has 0 spiro atoms. The maximum atomic E-state index is 12.7. The number of amides is 1. The van der Waals surface area contributed by atoms with Crippen LogP contribution in [-0.2, 0) is 4.79 Å². The van der Waals surface area contributed by atoms with E-state index in [1.807, 2.05) is 0 Å². The summed E-state index contributed by atoms with van der Waals surface area (Å²) in [5.74, 6) is 2.52. The largest absolute Gasteiger partial charge is 0.481 e. The molecule has 4 fully saturated rings. The first-order valence-electron chi connectivity index (χ1n) is 9.15. The van der Waals surface area contributed by atoms with Crippen LogP contribution in [0.15, 0.2) is 24.3 Å². The van der Waals surface area contributed by atoms with Crippen molar-refractivity contribution in [3.63, 3.8) is 0 Å². The Balaban J connectivity index is 1.41. The fourth-order valence-electron chi connectivity index (χ4n) is 5.55. The number of nitrogens with one attached hydrogen (secondary N) is 1. The van der Waals surface area contributed by atoms with Crippen LogP contribution in [0.3, 0.4) is 0 Å². The zero-order valence-corrected chi connectivity index (χ0v) is 14.4. The van der Waals surface area contributed by atoms with Gasteiger partial charge in [0.1, 0.15) is 5.75 Å². The fourth-order valence-corrected chi connectivity index (χ4v) is 5.55. The molecule has 0 aromatic heterocycles. The highest BCUT2D eigenvalue weighted by molar-refractivity contribution is 5.81. The molecular weight excluding hydrogens is 320 g/mol. The van der Waals surface area contributed by atoms with E-state index in [0.29, 0.717) is 5.75 Å². The SMILES string of the molecule is C[C@H](Oc1cccc([N+](=O)[O-])c1)C(=O)NC12CC3CC(CC(C3)C1)C2. The van der Waals surface area contributed by atoms with Gasteiger partial charge in [0.05, 0.1) is 11.0 Å². The summed E-state index contributed by atoms with van der Waals surface area (Å²) in [7, 11) is 0. The normalized spacial score (nSPS) is 33.7. The van der Waals surface area contributed by atoms with Crippen molar-refractivity contribution in [3.05, 3.63) is 34.4 Å². The van der Waals surface area contributed by atoms with Crippen molar-refractivity contribution < 1.29 is 14.5 Å². The van der Waals surface area contributed by atoms with Gasteiger partial charge in [0.25, 0.3) is 11.6 Å². The molecule has 4 aliphatic carbocycles. The lowest BCUT2D eigenvalue weighted by atomic mass is 9.53. The van der Waals surface area contributed by atoms with Crippen molar-refractivity contribution in [3.8, 4) is 5.75 Å². The summed E-state index contributed by atoms with van der Waals surface area (Å²) in [6.07, 6.45) is 6.59. The standard InChI is InChI=1S/C19H24N2O4/c1-12(25-17-4-2-3-16(8-17)21(23)24)18(22)20-19-9-13-5-14(10-19)7-15(6-13)11-19/h2-4,8,12-15H,5-7,9-11H2,1H3,(H,20,22)/t12-,13?,14?,15?,19?/m0/s1. The molecule has 0 saturated heterocycles. The molecule has 4 saturated carbocycles. The van der Waals surface area contributed by atoms with Gasteiger partial charge >= 0.3 is 0 Å². The number of hydrogen-bond donors (Lipinski definition) is 1. The van der Waals surface area contributed by atoms with Crippen LogP contribution in [0.4, 0.5) is 5.69 Å². The number of nitrogens with zero attached hydrogens (tertiary/aromatic N) is 1. The third-order valence-electron chi connectivity index (χ3n) is 6.14. The summed E-state index contributed by atoms with van der Waals surface area (Å²) in [6, 6.07) is 5.97.